The van der Waals surface area contributed by atoms with Gasteiger partial charge in [-0.3, -0.25) is 14.9 Å². The van der Waals surface area contributed by atoms with Crippen LogP contribution in [-0.4, -0.2) is 36.9 Å². The van der Waals surface area contributed by atoms with Crippen molar-refractivity contribution in [2.45, 2.75) is 71.3 Å². The van der Waals surface area contributed by atoms with Crippen molar-refractivity contribution in [3.8, 4) is 6.07 Å². The SMILES string of the molecule is CCOC(=O)[C@H]1[C@H](F)[C@@H](C(=O)O[C@@H]2C[C@H](C)CC[C@H]2C(C)C)N[C@H]1c1ccc(C#N)cc1. The Kier molecular flexibility index (Phi) is 7.89. The number of halogens is 1. The van der Waals surface area contributed by atoms with Crippen LogP contribution in [0.1, 0.15) is 64.1 Å². The smallest absolute Gasteiger partial charge is 0.326 e. The molecule has 7 atom stereocenters. The van der Waals surface area contributed by atoms with Crippen molar-refractivity contribution in [3.05, 3.63) is 35.4 Å². The van der Waals surface area contributed by atoms with Gasteiger partial charge in [0.05, 0.1) is 18.2 Å². The molecule has 1 saturated heterocycles. The summed E-state index contributed by atoms with van der Waals surface area (Å²) in [6.45, 7) is 8.15. The van der Waals surface area contributed by atoms with Gasteiger partial charge in [-0.2, -0.15) is 5.26 Å². The van der Waals surface area contributed by atoms with Gasteiger partial charge < -0.3 is 9.47 Å². The highest BCUT2D eigenvalue weighted by Gasteiger charge is 2.53. The number of nitrogens with one attached hydrogen (secondary N) is 1. The quantitative estimate of drug-likeness (QED) is 0.665. The van der Waals surface area contributed by atoms with Crippen LogP contribution < -0.4 is 5.32 Å². The predicted molar refractivity (Wildman–Crippen MR) is 117 cm³/mol. The number of hydrogen-bond donors (Lipinski definition) is 1. The zero-order valence-corrected chi connectivity index (χ0v) is 19.2. The van der Waals surface area contributed by atoms with E-state index in [2.05, 4.69) is 26.1 Å². The Morgan fingerprint density at radius 1 is 1.22 bits per heavy atom. The lowest BCUT2D eigenvalue weighted by atomic mass is 9.75. The molecular weight excluding hydrogens is 411 g/mol. The molecule has 0 radical (unpaired) electrons. The summed E-state index contributed by atoms with van der Waals surface area (Å²) in [7, 11) is 0. The molecule has 1 aliphatic carbocycles. The number of nitrogens with zero attached hydrogens (tertiary/aromatic N) is 1. The molecule has 7 heteroatoms. The van der Waals surface area contributed by atoms with Gasteiger partial charge in [-0.05, 0) is 55.2 Å². The second-order valence-electron chi connectivity index (χ2n) is 9.38. The van der Waals surface area contributed by atoms with Crippen LogP contribution in [0, 0.1) is 35.0 Å². The molecule has 174 valence electrons. The number of esters is 2. The minimum atomic E-state index is -1.78. The lowest BCUT2D eigenvalue weighted by molar-refractivity contribution is -0.160. The van der Waals surface area contributed by atoms with E-state index >= 15 is 4.39 Å². The van der Waals surface area contributed by atoms with Crippen LogP contribution in [0.4, 0.5) is 4.39 Å². The molecule has 1 aromatic carbocycles. The summed E-state index contributed by atoms with van der Waals surface area (Å²) in [5.74, 6) is -1.48. The molecule has 0 amide bonds. The van der Waals surface area contributed by atoms with Gasteiger partial charge in [-0.25, -0.2) is 4.39 Å². The second-order valence-corrected chi connectivity index (χ2v) is 9.38. The van der Waals surface area contributed by atoms with Gasteiger partial charge in [0, 0.05) is 6.04 Å². The highest BCUT2D eigenvalue weighted by Crippen LogP contribution is 2.39. The summed E-state index contributed by atoms with van der Waals surface area (Å²) in [5.41, 5.74) is 1.07. The first-order chi connectivity index (χ1) is 15.3. The van der Waals surface area contributed by atoms with Crippen LogP contribution in [0.15, 0.2) is 24.3 Å². The number of carbonyl (C=O) groups excluding carboxylic acids is 2. The lowest BCUT2D eigenvalue weighted by Crippen LogP contribution is -2.44. The maximum atomic E-state index is 15.5. The van der Waals surface area contributed by atoms with Crippen LogP contribution in [0.25, 0.3) is 0 Å². The molecule has 1 saturated carbocycles. The van der Waals surface area contributed by atoms with Crippen molar-refractivity contribution in [2.75, 3.05) is 6.61 Å². The van der Waals surface area contributed by atoms with Crippen molar-refractivity contribution < 1.29 is 23.5 Å². The first-order valence-electron chi connectivity index (χ1n) is 11.5. The average molecular weight is 445 g/mol. The van der Waals surface area contributed by atoms with Crippen molar-refractivity contribution in [1.29, 1.82) is 5.26 Å². The third-order valence-electron chi connectivity index (χ3n) is 6.82. The molecule has 2 aliphatic rings. The first-order valence-corrected chi connectivity index (χ1v) is 11.5. The Labute approximate surface area is 189 Å². The van der Waals surface area contributed by atoms with Gasteiger partial charge in [0.25, 0.3) is 0 Å². The summed E-state index contributed by atoms with van der Waals surface area (Å²) in [4.78, 5) is 25.7. The number of carbonyl (C=O) groups is 2. The standard InChI is InChI=1S/C25H33FN2O4/c1-5-31-24(29)20-21(26)23(28-22(20)17-9-7-16(13-27)8-10-17)25(30)32-19-12-15(4)6-11-18(19)14(2)3/h7-10,14-15,18-23,28H,5-6,11-12H2,1-4H3/t15-,18+,19-,20+,21+,22+,23+/m1/s1. The van der Waals surface area contributed by atoms with Crippen molar-refractivity contribution >= 4 is 11.9 Å². The molecule has 3 rings (SSSR count). The summed E-state index contributed by atoms with van der Waals surface area (Å²) < 4.78 is 26.5. The third kappa shape index (κ3) is 5.12. The zero-order chi connectivity index (χ0) is 23.4. The maximum absolute atomic E-state index is 15.5. The van der Waals surface area contributed by atoms with E-state index < -0.39 is 36.1 Å². The molecule has 1 aromatic rings. The molecule has 2 fully saturated rings. The van der Waals surface area contributed by atoms with E-state index in [0.29, 0.717) is 23.0 Å². The molecule has 1 aliphatic heterocycles. The fourth-order valence-corrected chi connectivity index (χ4v) is 5.02. The summed E-state index contributed by atoms with van der Waals surface area (Å²) in [6, 6.07) is 6.58. The zero-order valence-electron chi connectivity index (χ0n) is 19.2. The number of alkyl halides is 1. The highest BCUT2D eigenvalue weighted by atomic mass is 19.1. The van der Waals surface area contributed by atoms with E-state index in [1.165, 1.54) is 0 Å². The number of nitriles is 1. The molecule has 0 bridgehead atoms. The summed E-state index contributed by atoms with van der Waals surface area (Å²) in [5, 5.41) is 12.0. The molecule has 1 heterocycles. The Bertz CT molecular complexity index is 850. The van der Waals surface area contributed by atoms with Gasteiger partial charge in [-0.15, -0.1) is 0 Å². The van der Waals surface area contributed by atoms with Gasteiger partial charge in [0.1, 0.15) is 24.2 Å². The Morgan fingerprint density at radius 3 is 2.50 bits per heavy atom. The van der Waals surface area contributed by atoms with Crippen LogP contribution in [0.2, 0.25) is 0 Å². The Morgan fingerprint density at radius 2 is 1.91 bits per heavy atom. The monoisotopic (exact) mass is 444 g/mol. The van der Waals surface area contributed by atoms with Gasteiger partial charge in [0.15, 0.2) is 0 Å². The van der Waals surface area contributed by atoms with Crippen LogP contribution in [0.3, 0.4) is 0 Å². The molecule has 6 nitrogen and oxygen atoms in total. The normalized spacial score (nSPS) is 32.3. The van der Waals surface area contributed by atoms with E-state index in [-0.39, 0.29) is 18.6 Å². The van der Waals surface area contributed by atoms with Crippen LogP contribution >= 0.6 is 0 Å². The maximum Gasteiger partial charge on any atom is 0.326 e. The minimum Gasteiger partial charge on any atom is -0.466 e. The minimum absolute atomic E-state index is 0.118. The summed E-state index contributed by atoms with van der Waals surface area (Å²) >= 11 is 0. The molecule has 0 spiro atoms. The van der Waals surface area contributed by atoms with Crippen LogP contribution in [0.5, 0.6) is 0 Å². The van der Waals surface area contributed by atoms with E-state index in [1.807, 2.05) is 6.07 Å². The molecule has 1 N–H and O–H groups in total. The van der Waals surface area contributed by atoms with Crippen LogP contribution in [-0.2, 0) is 19.1 Å². The largest absolute Gasteiger partial charge is 0.466 e. The molecule has 0 aromatic heterocycles. The predicted octanol–water partition coefficient (Wildman–Crippen LogP) is 4.09. The van der Waals surface area contributed by atoms with E-state index in [1.54, 1.807) is 31.2 Å². The fraction of sp³-hybridized carbons (Fsp3) is 0.640. The average Bonchev–Trinajstić information content (AvgIpc) is 3.11. The van der Waals surface area contributed by atoms with E-state index in [9.17, 15) is 9.59 Å². The number of ether oxygens (including phenoxy) is 2. The van der Waals surface area contributed by atoms with Crippen molar-refractivity contribution in [1.82, 2.24) is 5.32 Å². The number of benzene rings is 1. The van der Waals surface area contributed by atoms with Crippen molar-refractivity contribution in [2.24, 2.45) is 23.7 Å². The molecular formula is C25H33FN2O4. The number of rotatable bonds is 6. The van der Waals surface area contributed by atoms with Gasteiger partial charge in [0.2, 0.25) is 0 Å². The molecule has 0 unspecified atom stereocenters. The van der Waals surface area contributed by atoms with E-state index in [0.717, 1.165) is 19.3 Å². The Balaban J connectivity index is 1.82. The van der Waals surface area contributed by atoms with E-state index in [4.69, 9.17) is 14.7 Å². The third-order valence-corrected chi connectivity index (χ3v) is 6.82. The topological polar surface area (TPSA) is 88.4 Å². The van der Waals surface area contributed by atoms with Crippen molar-refractivity contribution in [3.63, 3.8) is 0 Å². The first kappa shape index (κ1) is 24.2. The second kappa shape index (κ2) is 10.4. The molecule has 32 heavy (non-hydrogen) atoms. The fourth-order valence-electron chi connectivity index (χ4n) is 5.02. The summed E-state index contributed by atoms with van der Waals surface area (Å²) in [6.07, 6.45) is 0.804. The lowest BCUT2D eigenvalue weighted by Gasteiger charge is -2.37. The number of hydrogen-bond acceptors (Lipinski definition) is 6. The Hall–Kier alpha value is -2.46. The van der Waals surface area contributed by atoms with Gasteiger partial charge >= 0.3 is 11.9 Å². The highest BCUT2D eigenvalue weighted by molar-refractivity contribution is 5.82. The van der Waals surface area contributed by atoms with Gasteiger partial charge in [-0.1, -0.05) is 39.3 Å².